The van der Waals surface area contributed by atoms with Crippen LogP contribution in [0.4, 0.5) is 0 Å². The number of hydrogen-bond donors (Lipinski definition) is 1. The standard InChI is InChI=1S/C22H28N2O4.ClH/c1-23-13-17-9-10-24(14-17)22(25)18-11-19(26-2)21(20(12-18)27-3)28-15-16-7-5-4-6-8-16;/h4-8,11-12,17,23H,9-10,13-15H2,1-3H3;1H. The average molecular weight is 421 g/mol. The maximum atomic E-state index is 13.0. The molecule has 1 unspecified atom stereocenters. The van der Waals surface area contributed by atoms with Gasteiger partial charge in [0.15, 0.2) is 11.5 Å². The molecule has 1 amide bonds. The van der Waals surface area contributed by atoms with E-state index in [9.17, 15) is 4.79 Å². The highest BCUT2D eigenvalue weighted by Crippen LogP contribution is 2.39. The van der Waals surface area contributed by atoms with Crippen molar-refractivity contribution in [3.05, 3.63) is 53.6 Å². The molecule has 2 aromatic carbocycles. The highest BCUT2D eigenvalue weighted by molar-refractivity contribution is 5.95. The van der Waals surface area contributed by atoms with Crippen LogP contribution in [0.3, 0.4) is 0 Å². The van der Waals surface area contributed by atoms with Crippen LogP contribution >= 0.6 is 12.4 Å². The van der Waals surface area contributed by atoms with Crippen LogP contribution in [-0.4, -0.2) is 51.7 Å². The molecule has 1 N–H and O–H groups in total. The lowest BCUT2D eigenvalue weighted by molar-refractivity contribution is 0.0786. The zero-order valence-corrected chi connectivity index (χ0v) is 18.0. The SMILES string of the molecule is CNCC1CCN(C(=O)c2cc(OC)c(OCc3ccccc3)c(OC)c2)C1.Cl. The van der Waals surface area contributed by atoms with Crippen molar-refractivity contribution in [2.45, 2.75) is 13.0 Å². The van der Waals surface area contributed by atoms with Crippen LogP contribution < -0.4 is 19.5 Å². The summed E-state index contributed by atoms with van der Waals surface area (Å²) in [5.74, 6) is 1.96. The normalized spacial score (nSPS) is 15.6. The van der Waals surface area contributed by atoms with Gasteiger partial charge in [0.05, 0.1) is 14.2 Å². The zero-order chi connectivity index (χ0) is 19.9. The molecule has 1 atom stereocenters. The molecule has 0 aromatic heterocycles. The van der Waals surface area contributed by atoms with Crippen LogP contribution in [0.2, 0.25) is 0 Å². The molecule has 2 aromatic rings. The summed E-state index contributed by atoms with van der Waals surface area (Å²) in [5, 5.41) is 3.19. The highest BCUT2D eigenvalue weighted by atomic mass is 35.5. The van der Waals surface area contributed by atoms with Gasteiger partial charge in [-0.05, 0) is 43.6 Å². The zero-order valence-electron chi connectivity index (χ0n) is 17.1. The summed E-state index contributed by atoms with van der Waals surface area (Å²) in [7, 11) is 5.07. The molecule has 6 nitrogen and oxygen atoms in total. The quantitative estimate of drug-likeness (QED) is 0.709. The van der Waals surface area contributed by atoms with Crippen molar-refractivity contribution in [2.24, 2.45) is 5.92 Å². The Labute approximate surface area is 178 Å². The monoisotopic (exact) mass is 420 g/mol. The van der Waals surface area contributed by atoms with Crippen molar-refractivity contribution in [3.63, 3.8) is 0 Å². The van der Waals surface area contributed by atoms with Crippen LogP contribution in [0.15, 0.2) is 42.5 Å². The van der Waals surface area contributed by atoms with Crippen molar-refractivity contribution in [1.82, 2.24) is 10.2 Å². The summed E-state index contributed by atoms with van der Waals surface area (Å²) in [6, 6.07) is 13.3. The highest BCUT2D eigenvalue weighted by Gasteiger charge is 2.28. The first-order valence-electron chi connectivity index (χ1n) is 9.52. The van der Waals surface area contributed by atoms with Crippen molar-refractivity contribution in [1.29, 1.82) is 0 Å². The minimum Gasteiger partial charge on any atom is -0.493 e. The molecule has 3 rings (SSSR count). The predicted molar refractivity (Wildman–Crippen MR) is 116 cm³/mol. The number of carbonyl (C=O) groups excluding carboxylic acids is 1. The number of ether oxygens (including phenoxy) is 3. The van der Waals surface area contributed by atoms with Crippen LogP contribution in [0.1, 0.15) is 22.3 Å². The molecular formula is C22H29ClN2O4. The van der Waals surface area contributed by atoms with Crippen molar-refractivity contribution >= 4 is 18.3 Å². The number of hydrogen-bond acceptors (Lipinski definition) is 5. The molecule has 1 aliphatic rings. The Kier molecular flexibility index (Phi) is 8.61. The summed E-state index contributed by atoms with van der Waals surface area (Å²) in [6.45, 7) is 2.83. The smallest absolute Gasteiger partial charge is 0.254 e. The van der Waals surface area contributed by atoms with Gasteiger partial charge in [-0.25, -0.2) is 0 Å². The summed E-state index contributed by atoms with van der Waals surface area (Å²) in [6.07, 6.45) is 1.01. The van der Waals surface area contributed by atoms with E-state index in [1.54, 1.807) is 26.4 Å². The molecule has 158 valence electrons. The number of likely N-dealkylation sites (tertiary alicyclic amines) is 1. The number of nitrogens with zero attached hydrogens (tertiary/aromatic N) is 1. The molecule has 1 saturated heterocycles. The number of halogens is 1. The molecule has 0 spiro atoms. The first kappa shape index (κ1) is 22.8. The lowest BCUT2D eigenvalue weighted by Gasteiger charge is -2.20. The Morgan fingerprint density at radius 2 is 1.79 bits per heavy atom. The second kappa shape index (κ2) is 10.9. The van der Waals surface area contributed by atoms with Crippen LogP contribution in [0.25, 0.3) is 0 Å². The molecule has 7 heteroatoms. The van der Waals surface area contributed by atoms with E-state index in [2.05, 4.69) is 5.32 Å². The fourth-order valence-corrected chi connectivity index (χ4v) is 3.53. The van der Waals surface area contributed by atoms with Gasteiger partial charge in [-0.15, -0.1) is 12.4 Å². The van der Waals surface area contributed by atoms with Crippen LogP contribution in [-0.2, 0) is 6.61 Å². The lowest BCUT2D eigenvalue weighted by Crippen LogP contribution is -2.30. The summed E-state index contributed by atoms with van der Waals surface area (Å²) in [4.78, 5) is 14.9. The molecule has 0 aliphatic carbocycles. The van der Waals surface area contributed by atoms with Gasteiger partial charge in [-0.1, -0.05) is 30.3 Å². The number of methoxy groups -OCH3 is 2. The van der Waals surface area contributed by atoms with Crippen LogP contribution in [0, 0.1) is 5.92 Å². The van der Waals surface area contributed by atoms with Gasteiger partial charge in [0.25, 0.3) is 5.91 Å². The number of rotatable bonds is 8. The number of benzene rings is 2. The fraction of sp³-hybridized carbons (Fsp3) is 0.409. The Balaban J connectivity index is 0.00000300. The second-order valence-electron chi connectivity index (χ2n) is 6.95. The molecule has 0 radical (unpaired) electrons. The van der Waals surface area contributed by atoms with E-state index >= 15 is 0 Å². The Morgan fingerprint density at radius 1 is 1.14 bits per heavy atom. The number of amides is 1. The molecule has 29 heavy (non-hydrogen) atoms. The topological polar surface area (TPSA) is 60.0 Å². The van der Waals surface area contributed by atoms with E-state index in [0.29, 0.717) is 35.3 Å². The third-order valence-electron chi connectivity index (χ3n) is 5.00. The molecule has 1 heterocycles. The first-order valence-corrected chi connectivity index (χ1v) is 9.52. The van der Waals surface area contributed by atoms with Gasteiger partial charge in [0, 0.05) is 18.7 Å². The maximum Gasteiger partial charge on any atom is 0.254 e. The lowest BCUT2D eigenvalue weighted by atomic mass is 10.1. The Bertz CT molecular complexity index is 776. The summed E-state index contributed by atoms with van der Waals surface area (Å²) >= 11 is 0. The van der Waals surface area contributed by atoms with E-state index in [1.807, 2.05) is 42.3 Å². The summed E-state index contributed by atoms with van der Waals surface area (Å²) < 4.78 is 17.0. The van der Waals surface area contributed by atoms with Crippen molar-refractivity contribution < 1.29 is 19.0 Å². The Morgan fingerprint density at radius 3 is 2.38 bits per heavy atom. The Hall–Kier alpha value is -2.44. The second-order valence-corrected chi connectivity index (χ2v) is 6.95. The summed E-state index contributed by atoms with van der Waals surface area (Å²) in [5.41, 5.74) is 1.59. The number of carbonyl (C=O) groups is 1. The molecular weight excluding hydrogens is 392 g/mol. The van der Waals surface area contributed by atoms with Gasteiger partial charge >= 0.3 is 0 Å². The van der Waals surface area contributed by atoms with E-state index in [-0.39, 0.29) is 18.3 Å². The van der Waals surface area contributed by atoms with E-state index in [1.165, 1.54) is 0 Å². The van der Waals surface area contributed by atoms with E-state index in [0.717, 1.165) is 31.6 Å². The minimum atomic E-state index is -0.00943. The number of nitrogens with one attached hydrogen (secondary N) is 1. The van der Waals surface area contributed by atoms with Crippen molar-refractivity contribution in [2.75, 3.05) is 40.9 Å². The fourth-order valence-electron chi connectivity index (χ4n) is 3.53. The van der Waals surface area contributed by atoms with Gasteiger partial charge in [-0.3, -0.25) is 4.79 Å². The first-order chi connectivity index (χ1) is 13.7. The van der Waals surface area contributed by atoms with Crippen molar-refractivity contribution in [3.8, 4) is 17.2 Å². The molecule has 0 saturated carbocycles. The van der Waals surface area contributed by atoms with E-state index < -0.39 is 0 Å². The average Bonchev–Trinajstić information content (AvgIpc) is 3.20. The largest absolute Gasteiger partial charge is 0.493 e. The van der Waals surface area contributed by atoms with Gasteiger partial charge < -0.3 is 24.4 Å². The third-order valence-corrected chi connectivity index (χ3v) is 5.00. The van der Waals surface area contributed by atoms with Gasteiger partial charge in [0.1, 0.15) is 6.61 Å². The van der Waals surface area contributed by atoms with E-state index in [4.69, 9.17) is 14.2 Å². The molecule has 1 aliphatic heterocycles. The minimum absolute atomic E-state index is 0. The van der Waals surface area contributed by atoms with Crippen LogP contribution in [0.5, 0.6) is 17.2 Å². The third kappa shape index (κ3) is 5.55. The maximum absolute atomic E-state index is 13.0. The van der Waals surface area contributed by atoms with Gasteiger partial charge in [-0.2, -0.15) is 0 Å². The molecule has 1 fully saturated rings. The van der Waals surface area contributed by atoms with Gasteiger partial charge in [0.2, 0.25) is 5.75 Å². The predicted octanol–water partition coefficient (Wildman–Crippen LogP) is 3.39. The molecule has 0 bridgehead atoms.